The first kappa shape index (κ1) is 23.7. The number of para-hydroxylation sites is 1. The number of aromatic amines is 1. The van der Waals surface area contributed by atoms with Gasteiger partial charge in [-0.2, -0.15) is 0 Å². The fourth-order valence-electron chi connectivity index (χ4n) is 5.16. The van der Waals surface area contributed by atoms with E-state index in [9.17, 15) is 4.79 Å². The van der Waals surface area contributed by atoms with E-state index < -0.39 is 6.04 Å². The molecular weight excluding hydrogens is 480 g/mol. The molecule has 3 aromatic carbocycles. The number of pyridine rings is 1. The summed E-state index contributed by atoms with van der Waals surface area (Å²) in [6.07, 6.45) is 0.882. The van der Waals surface area contributed by atoms with Gasteiger partial charge in [-0.15, -0.1) is 5.10 Å². The highest BCUT2D eigenvalue weighted by atomic mass is 16.5. The number of H-pyrrole nitrogens is 1. The summed E-state index contributed by atoms with van der Waals surface area (Å²) in [6.45, 7) is 3.72. The highest BCUT2D eigenvalue weighted by molar-refractivity contribution is 5.81. The quantitative estimate of drug-likeness (QED) is 0.337. The lowest BCUT2D eigenvalue weighted by molar-refractivity contribution is 0.340. The molecule has 3 heterocycles. The molecule has 38 heavy (non-hydrogen) atoms. The molecule has 0 saturated heterocycles. The number of aromatic nitrogens is 5. The minimum atomic E-state index is -0.490. The summed E-state index contributed by atoms with van der Waals surface area (Å²) >= 11 is 0. The summed E-state index contributed by atoms with van der Waals surface area (Å²) in [7, 11) is 1.64. The van der Waals surface area contributed by atoms with E-state index in [0.29, 0.717) is 24.5 Å². The summed E-state index contributed by atoms with van der Waals surface area (Å²) in [5.74, 6) is 2.14. The van der Waals surface area contributed by atoms with E-state index in [-0.39, 0.29) is 5.56 Å². The van der Waals surface area contributed by atoms with Gasteiger partial charge in [0.2, 0.25) is 0 Å². The number of hydrogen-bond acceptors (Lipinski definition) is 7. The van der Waals surface area contributed by atoms with Crippen molar-refractivity contribution in [1.29, 1.82) is 0 Å². The van der Waals surface area contributed by atoms with Crippen LogP contribution in [0.3, 0.4) is 0 Å². The van der Waals surface area contributed by atoms with Crippen molar-refractivity contribution in [3.63, 3.8) is 0 Å². The smallest absolute Gasteiger partial charge is 0.254 e. The van der Waals surface area contributed by atoms with Crippen molar-refractivity contribution in [3.05, 3.63) is 106 Å². The number of rotatable bonds is 8. The number of nitrogens with one attached hydrogen (secondary N) is 1. The molecule has 0 amide bonds. The van der Waals surface area contributed by atoms with Crippen LogP contribution in [0.25, 0.3) is 10.9 Å². The molecule has 0 radical (unpaired) electrons. The van der Waals surface area contributed by atoms with Gasteiger partial charge in [-0.3, -0.25) is 4.79 Å². The Hall–Kier alpha value is -4.66. The number of anilines is 1. The Labute approximate surface area is 219 Å². The predicted octanol–water partition coefficient (Wildman–Crippen LogP) is 4.12. The van der Waals surface area contributed by atoms with Gasteiger partial charge in [0.05, 0.1) is 20.3 Å². The Bertz CT molecular complexity index is 1640. The molecule has 6 rings (SSSR count). The lowest BCUT2D eigenvalue weighted by Gasteiger charge is -2.29. The van der Waals surface area contributed by atoms with Crippen LogP contribution in [0, 0.1) is 0 Å². The number of methoxy groups -OCH3 is 1. The maximum Gasteiger partial charge on any atom is 0.254 e. The second-order valence-corrected chi connectivity index (χ2v) is 9.25. The molecule has 1 aliphatic rings. The summed E-state index contributed by atoms with van der Waals surface area (Å²) < 4.78 is 12.8. The van der Waals surface area contributed by atoms with Crippen molar-refractivity contribution in [2.75, 3.05) is 25.2 Å². The van der Waals surface area contributed by atoms with Gasteiger partial charge in [0.25, 0.3) is 5.56 Å². The number of tetrazole rings is 1. The third-order valence-corrected chi connectivity index (χ3v) is 6.98. The molecule has 1 unspecified atom stereocenters. The van der Waals surface area contributed by atoms with Gasteiger partial charge in [-0.25, -0.2) is 4.68 Å². The molecule has 1 aliphatic heterocycles. The number of fused-ring (bicyclic) bond motifs is 2. The third-order valence-electron chi connectivity index (χ3n) is 6.98. The Kier molecular flexibility index (Phi) is 6.25. The van der Waals surface area contributed by atoms with E-state index in [4.69, 9.17) is 9.47 Å². The summed E-state index contributed by atoms with van der Waals surface area (Å²) in [4.78, 5) is 18.9. The van der Waals surface area contributed by atoms with Crippen molar-refractivity contribution in [2.45, 2.75) is 25.9 Å². The first-order chi connectivity index (χ1) is 18.6. The molecule has 0 aliphatic carbocycles. The topological polar surface area (TPSA) is 98.2 Å². The van der Waals surface area contributed by atoms with Crippen LogP contribution in [0.4, 0.5) is 5.69 Å². The Morgan fingerprint density at radius 1 is 1.03 bits per heavy atom. The molecule has 0 fully saturated rings. The van der Waals surface area contributed by atoms with Crippen LogP contribution in [0.1, 0.15) is 35.5 Å². The van der Waals surface area contributed by atoms with Crippen LogP contribution < -0.4 is 19.9 Å². The highest BCUT2D eigenvalue weighted by Crippen LogP contribution is 2.37. The Morgan fingerprint density at radius 3 is 2.66 bits per heavy atom. The third kappa shape index (κ3) is 4.36. The number of ether oxygens (including phenoxy) is 2. The minimum absolute atomic E-state index is 0.171. The second kappa shape index (κ2) is 10.0. The van der Waals surface area contributed by atoms with Gasteiger partial charge >= 0.3 is 0 Å². The monoisotopic (exact) mass is 508 g/mol. The zero-order chi connectivity index (χ0) is 26.1. The zero-order valence-corrected chi connectivity index (χ0v) is 21.3. The van der Waals surface area contributed by atoms with Crippen LogP contribution in [0.5, 0.6) is 11.5 Å². The zero-order valence-electron chi connectivity index (χ0n) is 21.3. The van der Waals surface area contributed by atoms with Crippen LogP contribution >= 0.6 is 0 Å². The highest BCUT2D eigenvalue weighted by Gasteiger charge is 2.34. The normalized spacial score (nSPS) is 13.5. The molecule has 0 spiro atoms. The van der Waals surface area contributed by atoms with E-state index >= 15 is 0 Å². The molecule has 0 bridgehead atoms. The number of benzene rings is 3. The lowest BCUT2D eigenvalue weighted by Crippen LogP contribution is -2.34. The molecular formula is C29H28N6O3. The van der Waals surface area contributed by atoms with Crippen molar-refractivity contribution >= 4 is 16.6 Å². The molecule has 9 heteroatoms. The lowest BCUT2D eigenvalue weighted by atomic mass is 10.0. The maximum absolute atomic E-state index is 13.6. The Balaban J connectivity index is 1.48. The van der Waals surface area contributed by atoms with Gasteiger partial charge in [0.1, 0.15) is 17.5 Å². The van der Waals surface area contributed by atoms with Crippen molar-refractivity contribution in [2.24, 2.45) is 0 Å². The summed E-state index contributed by atoms with van der Waals surface area (Å²) in [6, 6.07) is 23.2. The standard InChI is InChI=1S/C29H28N6O3/c1-3-38-23-12-13-25-21(16-23)17-24(29(36)30-25)27(34-15-14-20-6-4-5-7-26(20)34)28-31-32-33-35(28)18-19-8-10-22(37-2)11-9-19/h4-13,16-17,27H,3,14-15,18H2,1-2H3,(H,30,36). The maximum atomic E-state index is 13.6. The van der Waals surface area contributed by atoms with Crippen molar-refractivity contribution in [3.8, 4) is 11.5 Å². The van der Waals surface area contributed by atoms with Crippen LogP contribution in [-0.2, 0) is 13.0 Å². The van der Waals surface area contributed by atoms with Crippen molar-refractivity contribution in [1.82, 2.24) is 25.2 Å². The molecule has 5 aromatic rings. The van der Waals surface area contributed by atoms with Gasteiger partial charge in [-0.1, -0.05) is 30.3 Å². The SMILES string of the molecule is CCOc1ccc2[nH]c(=O)c(C(c3nnnn3Cc3ccc(OC)cc3)N3CCc4ccccc43)cc2c1. The first-order valence-corrected chi connectivity index (χ1v) is 12.7. The average Bonchev–Trinajstić information content (AvgIpc) is 3.58. The van der Waals surface area contributed by atoms with E-state index in [1.807, 2.05) is 67.6 Å². The molecule has 9 nitrogen and oxygen atoms in total. The minimum Gasteiger partial charge on any atom is -0.497 e. The molecule has 1 atom stereocenters. The Morgan fingerprint density at radius 2 is 1.84 bits per heavy atom. The number of nitrogens with zero attached hydrogens (tertiary/aromatic N) is 5. The van der Waals surface area contributed by atoms with Gasteiger partial charge in [0.15, 0.2) is 5.82 Å². The van der Waals surface area contributed by atoms with Crippen molar-refractivity contribution < 1.29 is 9.47 Å². The van der Waals surface area contributed by atoms with Crippen LogP contribution in [-0.4, -0.2) is 45.5 Å². The predicted molar refractivity (Wildman–Crippen MR) is 145 cm³/mol. The molecule has 2 aromatic heterocycles. The van der Waals surface area contributed by atoms with E-state index in [2.05, 4.69) is 37.5 Å². The van der Waals surface area contributed by atoms with Crippen LogP contribution in [0.15, 0.2) is 77.6 Å². The average molecular weight is 509 g/mol. The first-order valence-electron chi connectivity index (χ1n) is 12.7. The largest absolute Gasteiger partial charge is 0.497 e. The van der Waals surface area contributed by atoms with Crippen LogP contribution in [0.2, 0.25) is 0 Å². The van der Waals surface area contributed by atoms with E-state index in [1.54, 1.807) is 11.8 Å². The summed E-state index contributed by atoms with van der Waals surface area (Å²) in [5.41, 5.74) is 4.50. The fourth-order valence-corrected chi connectivity index (χ4v) is 5.16. The van der Waals surface area contributed by atoms with E-state index in [1.165, 1.54) is 5.56 Å². The van der Waals surface area contributed by atoms with Gasteiger partial charge < -0.3 is 19.4 Å². The second-order valence-electron chi connectivity index (χ2n) is 9.25. The fraction of sp³-hybridized carbons (Fsp3) is 0.241. The van der Waals surface area contributed by atoms with E-state index in [0.717, 1.165) is 46.6 Å². The molecule has 192 valence electrons. The van der Waals surface area contributed by atoms with Gasteiger partial charge in [-0.05, 0) is 77.4 Å². The van der Waals surface area contributed by atoms with Gasteiger partial charge in [0, 0.05) is 28.7 Å². The molecule has 0 saturated carbocycles. The number of hydrogen-bond donors (Lipinski definition) is 1. The molecule has 1 N–H and O–H groups in total. The summed E-state index contributed by atoms with van der Waals surface area (Å²) in [5, 5.41) is 13.7.